The van der Waals surface area contributed by atoms with Crippen LogP contribution in [0.2, 0.25) is 0 Å². The first-order valence-corrected chi connectivity index (χ1v) is 9.89. The van der Waals surface area contributed by atoms with Crippen LogP contribution in [0.5, 0.6) is 0 Å². The molecular formula is C17H18N6O3S. The highest BCUT2D eigenvalue weighted by atomic mass is 32.2. The monoisotopic (exact) mass is 386 g/mol. The molecule has 0 fully saturated rings. The summed E-state index contributed by atoms with van der Waals surface area (Å²) in [5.41, 5.74) is 2.09. The second kappa shape index (κ2) is 7.54. The molecule has 140 valence electrons. The van der Waals surface area contributed by atoms with Crippen molar-refractivity contribution < 1.29 is 13.2 Å². The number of benzene rings is 2. The summed E-state index contributed by atoms with van der Waals surface area (Å²) in [6, 6.07) is 13.4. The maximum absolute atomic E-state index is 12.1. The molecule has 0 aliphatic carbocycles. The Morgan fingerprint density at radius 2 is 1.85 bits per heavy atom. The van der Waals surface area contributed by atoms with Gasteiger partial charge in [0.15, 0.2) is 15.7 Å². The molecule has 1 amide bonds. The van der Waals surface area contributed by atoms with Crippen LogP contribution in [-0.2, 0) is 21.7 Å². The third-order valence-electron chi connectivity index (χ3n) is 3.76. The van der Waals surface area contributed by atoms with Crippen LogP contribution in [0.3, 0.4) is 0 Å². The van der Waals surface area contributed by atoms with Crippen molar-refractivity contribution >= 4 is 27.1 Å². The lowest BCUT2D eigenvalue weighted by Crippen LogP contribution is -2.21. The highest BCUT2D eigenvalue weighted by Crippen LogP contribution is 2.19. The van der Waals surface area contributed by atoms with E-state index in [2.05, 4.69) is 26.2 Å². The molecule has 0 unspecified atom stereocenters. The van der Waals surface area contributed by atoms with Crippen molar-refractivity contribution in [3.05, 3.63) is 48.5 Å². The highest BCUT2D eigenvalue weighted by Gasteiger charge is 2.09. The quantitative estimate of drug-likeness (QED) is 0.656. The Balaban J connectivity index is 1.60. The zero-order chi connectivity index (χ0) is 19.4. The number of aromatic nitrogens is 4. The molecule has 0 saturated heterocycles. The number of anilines is 2. The molecular weight excluding hydrogens is 368 g/mol. The number of amides is 1. The number of aryl methyl sites for hydroxylation is 1. The van der Waals surface area contributed by atoms with E-state index in [0.717, 1.165) is 17.5 Å². The van der Waals surface area contributed by atoms with Gasteiger partial charge in [0.05, 0.1) is 11.4 Å². The maximum atomic E-state index is 12.1. The van der Waals surface area contributed by atoms with Gasteiger partial charge in [-0.25, -0.2) is 13.1 Å². The zero-order valence-corrected chi connectivity index (χ0v) is 15.6. The van der Waals surface area contributed by atoms with Crippen LogP contribution in [-0.4, -0.2) is 47.3 Å². The fourth-order valence-electron chi connectivity index (χ4n) is 2.42. The third-order valence-corrected chi connectivity index (χ3v) is 4.89. The van der Waals surface area contributed by atoms with E-state index >= 15 is 0 Å². The summed E-state index contributed by atoms with van der Waals surface area (Å²) in [6.45, 7) is 0.0499. The van der Waals surface area contributed by atoms with Crippen LogP contribution in [0.1, 0.15) is 0 Å². The number of sulfone groups is 1. The van der Waals surface area contributed by atoms with Gasteiger partial charge in [0.25, 0.3) is 0 Å². The van der Waals surface area contributed by atoms with Gasteiger partial charge in [0.2, 0.25) is 5.91 Å². The number of nitrogens with zero attached hydrogens (tertiary/aromatic N) is 4. The van der Waals surface area contributed by atoms with E-state index in [1.807, 2.05) is 24.3 Å². The minimum atomic E-state index is -3.26. The summed E-state index contributed by atoms with van der Waals surface area (Å²) in [5.74, 6) is 0.363. The van der Waals surface area contributed by atoms with Crippen LogP contribution in [0.15, 0.2) is 53.4 Å². The summed E-state index contributed by atoms with van der Waals surface area (Å²) in [5, 5.41) is 17.1. The molecule has 0 bridgehead atoms. The van der Waals surface area contributed by atoms with Crippen LogP contribution in [0.4, 0.5) is 11.4 Å². The molecule has 2 N–H and O–H groups in total. The molecule has 3 rings (SSSR count). The van der Waals surface area contributed by atoms with Crippen molar-refractivity contribution in [3.8, 4) is 11.4 Å². The van der Waals surface area contributed by atoms with Gasteiger partial charge in [-0.05, 0) is 46.8 Å². The van der Waals surface area contributed by atoms with Gasteiger partial charge < -0.3 is 10.6 Å². The van der Waals surface area contributed by atoms with Gasteiger partial charge >= 0.3 is 0 Å². The molecule has 0 saturated carbocycles. The van der Waals surface area contributed by atoms with Crippen LogP contribution in [0.25, 0.3) is 11.4 Å². The predicted molar refractivity (Wildman–Crippen MR) is 101 cm³/mol. The van der Waals surface area contributed by atoms with Crippen LogP contribution < -0.4 is 10.6 Å². The van der Waals surface area contributed by atoms with Gasteiger partial charge in [-0.1, -0.05) is 12.1 Å². The average molecular weight is 386 g/mol. The Hall–Kier alpha value is -3.27. The fraction of sp³-hybridized carbons (Fsp3) is 0.176. The molecule has 1 aromatic heterocycles. The number of nitrogens with one attached hydrogen (secondary N) is 2. The van der Waals surface area contributed by atoms with E-state index in [9.17, 15) is 13.2 Å². The molecule has 0 radical (unpaired) electrons. The van der Waals surface area contributed by atoms with Crippen molar-refractivity contribution in [2.24, 2.45) is 7.05 Å². The lowest BCUT2D eigenvalue weighted by atomic mass is 10.2. The van der Waals surface area contributed by atoms with E-state index in [-0.39, 0.29) is 17.3 Å². The maximum Gasteiger partial charge on any atom is 0.243 e. The topological polar surface area (TPSA) is 119 Å². The summed E-state index contributed by atoms with van der Waals surface area (Å²) in [4.78, 5) is 12.3. The normalized spacial score (nSPS) is 11.2. The number of hydrogen-bond acceptors (Lipinski definition) is 7. The van der Waals surface area contributed by atoms with Gasteiger partial charge in [0, 0.05) is 30.2 Å². The van der Waals surface area contributed by atoms with Crippen LogP contribution in [0, 0.1) is 0 Å². The van der Waals surface area contributed by atoms with Crippen molar-refractivity contribution in [2.75, 3.05) is 23.4 Å². The van der Waals surface area contributed by atoms with Crippen molar-refractivity contribution in [3.63, 3.8) is 0 Å². The number of carbonyl (C=O) groups is 1. The van der Waals surface area contributed by atoms with Crippen molar-refractivity contribution in [1.82, 2.24) is 20.2 Å². The molecule has 1 heterocycles. The van der Waals surface area contributed by atoms with Gasteiger partial charge in [-0.2, -0.15) is 0 Å². The number of rotatable bonds is 6. The zero-order valence-electron chi connectivity index (χ0n) is 14.7. The SMILES string of the molecule is Cn1nnnc1-c1cccc(NCC(=O)Nc2ccc(S(C)(=O)=O)cc2)c1. The Morgan fingerprint density at radius 1 is 1.11 bits per heavy atom. The third kappa shape index (κ3) is 4.67. The molecule has 3 aromatic rings. The molecule has 9 nitrogen and oxygen atoms in total. The first-order valence-electron chi connectivity index (χ1n) is 7.99. The number of carbonyl (C=O) groups excluding carboxylic acids is 1. The van der Waals surface area contributed by atoms with Crippen molar-refractivity contribution in [1.29, 1.82) is 0 Å². The highest BCUT2D eigenvalue weighted by molar-refractivity contribution is 7.90. The standard InChI is InChI=1S/C17H18N6O3S/c1-23-17(20-21-22-23)12-4-3-5-14(10-12)18-11-16(24)19-13-6-8-15(9-7-13)27(2,25)26/h3-10,18H,11H2,1-2H3,(H,19,24). The molecule has 0 aliphatic heterocycles. The second-order valence-corrected chi connectivity index (χ2v) is 7.92. The van der Waals surface area contributed by atoms with E-state index in [4.69, 9.17) is 0 Å². The van der Waals surface area contributed by atoms with Crippen molar-refractivity contribution in [2.45, 2.75) is 4.90 Å². The van der Waals surface area contributed by atoms with Gasteiger partial charge in [-0.3, -0.25) is 4.79 Å². The number of tetrazole rings is 1. The summed E-state index contributed by atoms with van der Waals surface area (Å²) in [6.07, 6.45) is 1.13. The Kier molecular flexibility index (Phi) is 5.17. The van der Waals surface area contributed by atoms with E-state index in [0.29, 0.717) is 11.5 Å². The van der Waals surface area contributed by atoms with Crippen LogP contribution >= 0.6 is 0 Å². The Bertz CT molecular complexity index is 1060. The minimum absolute atomic E-state index is 0.0499. The first kappa shape index (κ1) is 18.5. The largest absolute Gasteiger partial charge is 0.376 e. The lowest BCUT2D eigenvalue weighted by Gasteiger charge is -2.09. The molecule has 2 aromatic carbocycles. The smallest absolute Gasteiger partial charge is 0.243 e. The van der Waals surface area contributed by atoms with Gasteiger partial charge in [-0.15, -0.1) is 5.10 Å². The minimum Gasteiger partial charge on any atom is -0.376 e. The van der Waals surface area contributed by atoms with Gasteiger partial charge in [0.1, 0.15) is 0 Å². The predicted octanol–water partition coefficient (Wildman–Crippen LogP) is 1.33. The Labute approximate surface area is 156 Å². The average Bonchev–Trinajstić information content (AvgIpc) is 3.06. The first-order chi connectivity index (χ1) is 12.8. The molecule has 0 atom stereocenters. The summed E-state index contributed by atoms with van der Waals surface area (Å²) < 4.78 is 24.5. The number of hydrogen-bond donors (Lipinski definition) is 2. The Morgan fingerprint density at radius 3 is 2.48 bits per heavy atom. The van der Waals surface area contributed by atoms with E-state index in [1.165, 1.54) is 12.1 Å². The molecule has 10 heteroatoms. The molecule has 0 spiro atoms. The fourth-order valence-corrected chi connectivity index (χ4v) is 3.05. The second-order valence-electron chi connectivity index (χ2n) is 5.91. The van der Waals surface area contributed by atoms with E-state index < -0.39 is 9.84 Å². The molecule has 27 heavy (non-hydrogen) atoms. The lowest BCUT2D eigenvalue weighted by molar-refractivity contribution is -0.114. The molecule has 0 aliphatic rings. The summed E-state index contributed by atoms with van der Waals surface area (Å²) >= 11 is 0. The van der Waals surface area contributed by atoms with E-state index in [1.54, 1.807) is 23.9 Å². The summed E-state index contributed by atoms with van der Waals surface area (Å²) in [7, 11) is -1.51.